The zero-order chi connectivity index (χ0) is 10.7. The van der Waals surface area contributed by atoms with Crippen molar-refractivity contribution in [3.05, 3.63) is 65.7 Å². The fourth-order valence-corrected chi connectivity index (χ4v) is 2.28. The molecule has 0 saturated heterocycles. The first-order valence-corrected chi connectivity index (χ1v) is 5.76. The predicted molar refractivity (Wildman–Crippen MR) is 69.7 cm³/mol. The molecule has 2 aromatic carbocycles. The minimum atomic E-state index is 0.458. The highest BCUT2D eigenvalue weighted by atomic mass is 31.0. The molecule has 0 radical (unpaired) electrons. The van der Waals surface area contributed by atoms with Crippen LogP contribution in [0.2, 0.25) is 0 Å². The van der Waals surface area contributed by atoms with E-state index in [9.17, 15) is 0 Å². The fraction of sp³-hybridized carbons (Fsp3) is 0.143. The van der Waals surface area contributed by atoms with E-state index in [0.717, 1.165) is 0 Å². The van der Waals surface area contributed by atoms with Gasteiger partial charge in [-0.05, 0) is 16.4 Å². The van der Waals surface area contributed by atoms with Crippen molar-refractivity contribution in [2.45, 2.75) is 12.8 Å². The maximum absolute atomic E-state index is 2.81. The molecule has 0 heterocycles. The molecule has 0 aromatic heterocycles. The molecule has 0 N–H and O–H groups in total. The molecule has 0 bridgehead atoms. The number of rotatable bonds is 2. The summed E-state index contributed by atoms with van der Waals surface area (Å²) in [5, 5.41) is 1.29. The lowest BCUT2D eigenvalue weighted by Gasteiger charge is -2.14. The van der Waals surface area contributed by atoms with Crippen LogP contribution in [-0.4, -0.2) is 0 Å². The van der Waals surface area contributed by atoms with Gasteiger partial charge in [-0.25, -0.2) is 0 Å². The van der Waals surface area contributed by atoms with E-state index < -0.39 is 0 Å². The van der Waals surface area contributed by atoms with Crippen molar-refractivity contribution in [2.75, 3.05) is 0 Å². The molecule has 15 heavy (non-hydrogen) atoms. The summed E-state index contributed by atoms with van der Waals surface area (Å²) in [6, 6.07) is 19.1. The van der Waals surface area contributed by atoms with Gasteiger partial charge in [-0.2, -0.15) is 0 Å². The molecular formula is C14H15P. The second-order valence-corrected chi connectivity index (χ2v) is 4.38. The van der Waals surface area contributed by atoms with Gasteiger partial charge in [0.1, 0.15) is 0 Å². The van der Waals surface area contributed by atoms with E-state index in [1.165, 1.54) is 16.4 Å². The van der Waals surface area contributed by atoms with Gasteiger partial charge in [-0.3, -0.25) is 0 Å². The molecule has 2 atom stereocenters. The second-order valence-electron chi connectivity index (χ2n) is 3.76. The number of benzene rings is 2. The van der Waals surface area contributed by atoms with Gasteiger partial charge >= 0.3 is 0 Å². The van der Waals surface area contributed by atoms with Crippen LogP contribution in [0.1, 0.15) is 24.0 Å². The van der Waals surface area contributed by atoms with Crippen LogP contribution in [0.3, 0.4) is 0 Å². The normalized spacial score (nSPS) is 12.4. The van der Waals surface area contributed by atoms with Crippen molar-refractivity contribution in [1.82, 2.24) is 0 Å². The van der Waals surface area contributed by atoms with Gasteiger partial charge in [0.2, 0.25) is 0 Å². The summed E-state index contributed by atoms with van der Waals surface area (Å²) in [5.74, 6) is 0.458. The molecule has 0 aliphatic rings. The van der Waals surface area contributed by atoms with Crippen LogP contribution < -0.4 is 5.30 Å². The molecule has 0 spiro atoms. The Labute approximate surface area is 93.5 Å². The van der Waals surface area contributed by atoms with E-state index in [1.807, 2.05) is 0 Å². The van der Waals surface area contributed by atoms with Crippen LogP contribution in [0.4, 0.5) is 0 Å². The van der Waals surface area contributed by atoms with Gasteiger partial charge < -0.3 is 0 Å². The second kappa shape index (κ2) is 4.59. The summed E-state index contributed by atoms with van der Waals surface area (Å²) < 4.78 is 0. The van der Waals surface area contributed by atoms with Gasteiger partial charge in [-0.1, -0.05) is 61.5 Å². The van der Waals surface area contributed by atoms with Crippen molar-refractivity contribution in [2.24, 2.45) is 0 Å². The first-order valence-electron chi connectivity index (χ1n) is 5.18. The Morgan fingerprint density at radius 3 is 2.13 bits per heavy atom. The van der Waals surface area contributed by atoms with Crippen LogP contribution in [0, 0.1) is 0 Å². The van der Waals surface area contributed by atoms with Gasteiger partial charge in [0.05, 0.1) is 0 Å². The predicted octanol–water partition coefficient (Wildman–Crippen LogP) is 3.34. The molecule has 2 aromatic rings. The highest BCUT2D eigenvalue weighted by Gasteiger charge is 2.09. The summed E-state index contributed by atoms with van der Waals surface area (Å²) >= 11 is 0. The lowest BCUT2D eigenvalue weighted by molar-refractivity contribution is 0.930. The third-order valence-corrected chi connectivity index (χ3v) is 3.29. The topological polar surface area (TPSA) is 0 Å². The number of hydrogen-bond acceptors (Lipinski definition) is 0. The van der Waals surface area contributed by atoms with E-state index in [1.54, 1.807) is 0 Å². The highest BCUT2D eigenvalue weighted by molar-refractivity contribution is 7.27. The van der Waals surface area contributed by atoms with Crippen molar-refractivity contribution in [3.8, 4) is 0 Å². The molecule has 0 aliphatic heterocycles. The van der Waals surface area contributed by atoms with Crippen molar-refractivity contribution >= 4 is 14.5 Å². The van der Waals surface area contributed by atoms with Gasteiger partial charge in [-0.15, -0.1) is 9.24 Å². The van der Waals surface area contributed by atoms with Crippen LogP contribution in [-0.2, 0) is 0 Å². The van der Waals surface area contributed by atoms with Gasteiger partial charge in [0.25, 0.3) is 0 Å². The standard InChI is InChI=1S/C14H15P/c1-11(12-7-3-2-4-8-12)13-9-5-6-10-14(13)15/h2-11H,15H2,1H3. The fourth-order valence-electron chi connectivity index (χ4n) is 1.83. The molecule has 2 unspecified atom stereocenters. The van der Waals surface area contributed by atoms with Crippen LogP contribution in [0.5, 0.6) is 0 Å². The molecule has 0 saturated carbocycles. The largest absolute Gasteiger partial charge is 0.105 e. The van der Waals surface area contributed by atoms with Crippen LogP contribution >= 0.6 is 9.24 Å². The Hall–Kier alpha value is -1.13. The smallest absolute Gasteiger partial charge is 0.00671 e. The third-order valence-electron chi connectivity index (χ3n) is 2.76. The van der Waals surface area contributed by atoms with E-state index in [2.05, 4.69) is 70.8 Å². The molecular weight excluding hydrogens is 199 g/mol. The minimum absolute atomic E-state index is 0.458. The molecule has 0 nitrogen and oxygen atoms in total. The summed E-state index contributed by atoms with van der Waals surface area (Å²) in [5.41, 5.74) is 2.75. The average Bonchev–Trinajstić information content (AvgIpc) is 2.30. The third kappa shape index (κ3) is 2.27. The monoisotopic (exact) mass is 214 g/mol. The first kappa shape index (κ1) is 10.4. The maximum atomic E-state index is 2.81. The Morgan fingerprint density at radius 2 is 1.47 bits per heavy atom. The molecule has 0 aliphatic carbocycles. The Balaban J connectivity index is 2.37. The quantitative estimate of drug-likeness (QED) is 0.672. The Kier molecular flexibility index (Phi) is 3.18. The van der Waals surface area contributed by atoms with Gasteiger partial charge in [0.15, 0.2) is 0 Å². The van der Waals surface area contributed by atoms with E-state index in [-0.39, 0.29) is 0 Å². The SMILES string of the molecule is CC(c1ccccc1)c1ccccc1P. The average molecular weight is 214 g/mol. The molecule has 0 amide bonds. The Bertz CT molecular complexity index is 434. The summed E-state index contributed by atoms with van der Waals surface area (Å²) in [6.07, 6.45) is 0. The first-order chi connectivity index (χ1) is 7.29. The minimum Gasteiger partial charge on any atom is -0.105 e. The van der Waals surface area contributed by atoms with Crippen molar-refractivity contribution < 1.29 is 0 Å². The lowest BCUT2D eigenvalue weighted by Crippen LogP contribution is -2.06. The Morgan fingerprint density at radius 1 is 0.867 bits per heavy atom. The lowest BCUT2D eigenvalue weighted by atomic mass is 9.93. The molecule has 2 rings (SSSR count). The van der Waals surface area contributed by atoms with Gasteiger partial charge in [0, 0.05) is 5.92 Å². The molecule has 0 fully saturated rings. The van der Waals surface area contributed by atoms with Crippen molar-refractivity contribution in [3.63, 3.8) is 0 Å². The van der Waals surface area contributed by atoms with E-state index in [0.29, 0.717) is 5.92 Å². The molecule has 76 valence electrons. The highest BCUT2D eigenvalue weighted by Crippen LogP contribution is 2.23. The van der Waals surface area contributed by atoms with Crippen LogP contribution in [0.25, 0.3) is 0 Å². The summed E-state index contributed by atoms with van der Waals surface area (Å²) in [7, 11) is 2.81. The zero-order valence-electron chi connectivity index (χ0n) is 8.85. The summed E-state index contributed by atoms with van der Waals surface area (Å²) in [6.45, 7) is 2.25. The number of hydrogen-bond donors (Lipinski definition) is 0. The summed E-state index contributed by atoms with van der Waals surface area (Å²) in [4.78, 5) is 0. The van der Waals surface area contributed by atoms with E-state index in [4.69, 9.17) is 0 Å². The van der Waals surface area contributed by atoms with Crippen LogP contribution in [0.15, 0.2) is 54.6 Å². The maximum Gasteiger partial charge on any atom is 0.00671 e. The molecule has 1 heteroatoms. The van der Waals surface area contributed by atoms with E-state index >= 15 is 0 Å². The van der Waals surface area contributed by atoms with Crippen molar-refractivity contribution in [1.29, 1.82) is 0 Å². The zero-order valence-corrected chi connectivity index (χ0v) is 10.0.